The van der Waals surface area contributed by atoms with Crippen molar-refractivity contribution in [1.29, 1.82) is 0 Å². The molecule has 0 aliphatic heterocycles. The third-order valence-corrected chi connectivity index (χ3v) is 3.42. The molecule has 0 radical (unpaired) electrons. The van der Waals surface area contributed by atoms with Crippen molar-refractivity contribution in [1.82, 2.24) is 4.57 Å². The number of aryl methyl sites for hydroxylation is 1. The third kappa shape index (κ3) is 2.12. The van der Waals surface area contributed by atoms with Gasteiger partial charge in [0.2, 0.25) is 5.88 Å². The fourth-order valence-corrected chi connectivity index (χ4v) is 2.36. The minimum Gasteiger partial charge on any atom is -0.506 e. The Bertz CT molecular complexity index is 890. The van der Waals surface area contributed by atoms with Crippen molar-refractivity contribution in [2.75, 3.05) is 0 Å². The van der Waals surface area contributed by atoms with E-state index in [1.54, 1.807) is 38.2 Å². The van der Waals surface area contributed by atoms with Gasteiger partial charge in [0.1, 0.15) is 11.3 Å². The minimum absolute atomic E-state index is 0.0542. The monoisotopic (exact) mass is 282 g/mol. The maximum atomic E-state index is 12.5. The molecule has 0 amide bonds. The van der Waals surface area contributed by atoms with Crippen molar-refractivity contribution < 1.29 is 9.52 Å². The highest BCUT2D eigenvalue weighted by atomic mass is 16.3. The second-order valence-corrected chi connectivity index (χ2v) is 4.75. The number of aromatic nitrogens is 1. The van der Waals surface area contributed by atoms with Crippen LogP contribution in [0.15, 0.2) is 56.9 Å². The topological polar surface area (TPSA) is 67.7 Å². The number of aliphatic imine (C=N–C) groups is 1. The third-order valence-electron chi connectivity index (χ3n) is 3.42. The van der Waals surface area contributed by atoms with Gasteiger partial charge in [0.25, 0.3) is 5.56 Å². The van der Waals surface area contributed by atoms with Crippen molar-refractivity contribution in [2.24, 2.45) is 12.0 Å². The van der Waals surface area contributed by atoms with Crippen LogP contribution < -0.4 is 5.56 Å². The van der Waals surface area contributed by atoms with Gasteiger partial charge in [-0.25, -0.2) is 4.99 Å². The molecule has 0 atom stereocenters. The second-order valence-electron chi connectivity index (χ2n) is 4.75. The molecule has 0 unspecified atom stereocenters. The van der Waals surface area contributed by atoms with Gasteiger partial charge in [0.05, 0.1) is 17.5 Å². The van der Waals surface area contributed by atoms with E-state index in [0.29, 0.717) is 22.5 Å². The lowest BCUT2D eigenvalue weighted by Crippen LogP contribution is -2.24. The molecule has 3 rings (SSSR count). The zero-order valence-corrected chi connectivity index (χ0v) is 11.7. The van der Waals surface area contributed by atoms with E-state index in [0.717, 1.165) is 0 Å². The largest absolute Gasteiger partial charge is 0.506 e. The normalized spacial score (nSPS) is 12.0. The maximum absolute atomic E-state index is 12.5. The van der Waals surface area contributed by atoms with Gasteiger partial charge in [-0.1, -0.05) is 12.1 Å². The van der Waals surface area contributed by atoms with Crippen LogP contribution in [0.2, 0.25) is 0 Å². The number of rotatable bonds is 2. The highest BCUT2D eigenvalue weighted by Crippen LogP contribution is 2.27. The molecule has 0 bridgehead atoms. The van der Waals surface area contributed by atoms with Crippen molar-refractivity contribution in [3.05, 3.63) is 58.6 Å². The molecule has 21 heavy (non-hydrogen) atoms. The fraction of sp³-hybridized carbons (Fsp3) is 0.125. The molecule has 0 spiro atoms. The highest BCUT2D eigenvalue weighted by molar-refractivity contribution is 6.06. The first-order chi connectivity index (χ1) is 10.1. The van der Waals surface area contributed by atoms with E-state index in [-0.39, 0.29) is 16.9 Å². The molecule has 3 aromatic rings. The quantitative estimate of drug-likeness (QED) is 0.735. The maximum Gasteiger partial charge on any atom is 0.263 e. The lowest BCUT2D eigenvalue weighted by atomic mass is 10.1. The van der Waals surface area contributed by atoms with Crippen molar-refractivity contribution in [3.63, 3.8) is 0 Å². The summed E-state index contributed by atoms with van der Waals surface area (Å²) in [7, 11) is 1.67. The summed E-state index contributed by atoms with van der Waals surface area (Å²) in [5.41, 5.74) is 0.981. The van der Waals surface area contributed by atoms with Crippen LogP contribution in [0.3, 0.4) is 0 Å². The summed E-state index contributed by atoms with van der Waals surface area (Å²) in [5.74, 6) is 0.337. The Labute approximate surface area is 120 Å². The van der Waals surface area contributed by atoms with Crippen LogP contribution in [0, 0.1) is 0 Å². The average molecular weight is 282 g/mol. The lowest BCUT2D eigenvalue weighted by molar-refractivity contribution is 0.478. The molecule has 1 aromatic carbocycles. The fourth-order valence-electron chi connectivity index (χ4n) is 2.36. The first-order valence-electron chi connectivity index (χ1n) is 6.49. The number of aromatic hydroxyl groups is 1. The number of hydrogen-bond donors (Lipinski definition) is 1. The number of fused-ring (bicyclic) bond motifs is 1. The molecule has 0 saturated carbocycles. The first-order valence-corrected chi connectivity index (χ1v) is 6.49. The summed E-state index contributed by atoms with van der Waals surface area (Å²) in [5, 5.41) is 11.0. The Morgan fingerprint density at radius 3 is 2.71 bits per heavy atom. The summed E-state index contributed by atoms with van der Waals surface area (Å²) in [6, 6.07) is 10.6. The zero-order chi connectivity index (χ0) is 15.0. The van der Waals surface area contributed by atoms with E-state index in [2.05, 4.69) is 4.99 Å². The molecule has 2 heterocycles. The van der Waals surface area contributed by atoms with Gasteiger partial charge < -0.3 is 14.1 Å². The number of hydrogen-bond acceptors (Lipinski definition) is 4. The molecule has 1 N–H and O–H groups in total. The number of benzene rings is 1. The van der Waals surface area contributed by atoms with Gasteiger partial charge in [-0.15, -0.1) is 0 Å². The van der Waals surface area contributed by atoms with Crippen LogP contribution in [0.5, 0.6) is 5.75 Å². The number of para-hydroxylation sites is 1. The van der Waals surface area contributed by atoms with Gasteiger partial charge in [0.15, 0.2) is 0 Å². The summed E-state index contributed by atoms with van der Waals surface area (Å²) >= 11 is 0. The first kappa shape index (κ1) is 13.2. The lowest BCUT2D eigenvalue weighted by Gasteiger charge is -2.11. The molecule has 0 aliphatic rings. The van der Waals surface area contributed by atoms with Crippen LogP contribution in [0.1, 0.15) is 12.5 Å². The van der Waals surface area contributed by atoms with E-state index in [1.807, 2.05) is 12.1 Å². The smallest absolute Gasteiger partial charge is 0.263 e. The van der Waals surface area contributed by atoms with Crippen LogP contribution in [-0.4, -0.2) is 15.4 Å². The Kier molecular flexibility index (Phi) is 3.10. The standard InChI is InChI=1S/C16H14N2O3/c1-10(17-13-8-5-9-21-13)14-15(19)11-6-3-4-7-12(11)18(2)16(14)20/h3-9,19H,1-2H3/b17-10+. The SMILES string of the molecule is C/C(=N\c1ccco1)c1c(O)c2ccccc2n(C)c1=O. The van der Waals surface area contributed by atoms with Crippen LogP contribution in [-0.2, 0) is 7.05 Å². The number of furan rings is 1. The Morgan fingerprint density at radius 1 is 1.24 bits per heavy atom. The predicted octanol–water partition coefficient (Wildman–Crippen LogP) is 2.98. The van der Waals surface area contributed by atoms with Crippen LogP contribution in [0.25, 0.3) is 10.9 Å². The summed E-state index contributed by atoms with van der Waals surface area (Å²) in [6.45, 7) is 1.67. The van der Waals surface area contributed by atoms with Crippen LogP contribution in [0.4, 0.5) is 5.88 Å². The van der Waals surface area contributed by atoms with Gasteiger partial charge in [-0.3, -0.25) is 4.79 Å². The molecule has 5 nitrogen and oxygen atoms in total. The summed E-state index contributed by atoms with van der Waals surface area (Å²) in [4.78, 5) is 16.7. The van der Waals surface area contributed by atoms with E-state index < -0.39 is 0 Å². The highest BCUT2D eigenvalue weighted by Gasteiger charge is 2.16. The van der Waals surface area contributed by atoms with Crippen molar-refractivity contribution >= 4 is 22.5 Å². The number of nitrogens with zero attached hydrogens (tertiary/aromatic N) is 2. The number of pyridine rings is 1. The molecule has 2 aromatic heterocycles. The molecule has 0 fully saturated rings. The Hall–Kier alpha value is -2.82. The molecular formula is C16H14N2O3. The van der Waals surface area contributed by atoms with E-state index in [4.69, 9.17) is 4.42 Å². The minimum atomic E-state index is -0.293. The van der Waals surface area contributed by atoms with Gasteiger partial charge in [-0.2, -0.15) is 0 Å². The van der Waals surface area contributed by atoms with Gasteiger partial charge in [-0.05, 0) is 25.1 Å². The predicted molar refractivity (Wildman–Crippen MR) is 81.4 cm³/mol. The molecule has 5 heteroatoms. The van der Waals surface area contributed by atoms with Gasteiger partial charge in [0, 0.05) is 18.5 Å². The van der Waals surface area contributed by atoms with E-state index in [1.165, 1.54) is 10.8 Å². The van der Waals surface area contributed by atoms with Crippen molar-refractivity contribution in [2.45, 2.75) is 6.92 Å². The summed E-state index contributed by atoms with van der Waals surface area (Å²) < 4.78 is 6.65. The Morgan fingerprint density at radius 2 is 2.00 bits per heavy atom. The molecule has 106 valence electrons. The van der Waals surface area contributed by atoms with Crippen molar-refractivity contribution in [3.8, 4) is 5.75 Å². The van der Waals surface area contributed by atoms with Gasteiger partial charge >= 0.3 is 0 Å². The molecular weight excluding hydrogens is 268 g/mol. The van der Waals surface area contributed by atoms with E-state index >= 15 is 0 Å². The Balaban J connectivity index is 2.31. The molecule has 0 saturated heterocycles. The summed E-state index contributed by atoms with van der Waals surface area (Å²) in [6.07, 6.45) is 1.50. The second kappa shape index (κ2) is 4.94. The molecule has 0 aliphatic carbocycles. The average Bonchev–Trinajstić information content (AvgIpc) is 2.98. The van der Waals surface area contributed by atoms with E-state index in [9.17, 15) is 9.90 Å². The van der Waals surface area contributed by atoms with Crippen LogP contribution >= 0.6 is 0 Å². The zero-order valence-electron chi connectivity index (χ0n) is 11.7.